The van der Waals surface area contributed by atoms with Gasteiger partial charge in [0.2, 0.25) is 0 Å². The highest BCUT2D eigenvalue weighted by molar-refractivity contribution is 6.35. The Morgan fingerprint density at radius 1 is 1.04 bits per heavy atom. The van der Waals surface area contributed by atoms with Gasteiger partial charge in [-0.15, -0.1) is 0 Å². The SMILES string of the molecule is Cc1ccccc1N1CCCN(C(=O)c2cc3c(Cl)cccc3[nH]2)CC1. The fourth-order valence-corrected chi connectivity index (χ4v) is 3.91. The van der Waals surface area contributed by atoms with Crippen LogP contribution in [0.4, 0.5) is 5.69 Å². The first-order chi connectivity index (χ1) is 12.6. The van der Waals surface area contributed by atoms with Gasteiger partial charge in [-0.3, -0.25) is 4.79 Å². The number of nitrogens with zero attached hydrogens (tertiary/aromatic N) is 2. The van der Waals surface area contributed by atoms with Gasteiger partial charge < -0.3 is 14.8 Å². The third kappa shape index (κ3) is 3.17. The van der Waals surface area contributed by atoms with Crippen LogP contribution in [0.1, 0.15) is 22.5 Å². The molecule has 0 unspecified atom stereocenters. The van der Waals surface area contributed by atoms with Crippen LogP contribution in [0.2, 0.25) is 5.02 Å². The molecule has 1 saturated heterocycles. The van der Waals surface area contributed by atoms with Crippen molar-refractivity contribution in [1.29, 1.82) is 0 Å². The predicted molar refractivity (Wildman–Crippen MR) is 107 cm³/mol. The highest BCUT2D eigenvalue weighted by atomic mass is 35.5. The molecule has 0 bridgehead atoms. The van der Waals surface area contributed by atoms with Gasteiger partial charge in [-0.1, -0.05) is 35.9 Å². The summed E-state index contributed by atoms with van der Waals surface area (Å²) in [4.78, 5) is 20.5. The fourth-order valence-electron chi connectivity index (χ4n) is 3.68. The van der Waals surface area contributed by atoms with Crippen LogP contribution in [-0.4, -0.2) is 42.0 Å². The van der Waals surface area contributed by atoms with Gasteiger partial charge in [0.1, 0.15) is 5.69 Å². The molecule has 0 spiro atoms. The Morgan fingerprint density at radius 3 is 2.69 bits per heavy atom. The average Bonchev–Trinajstić information content (AvgIpc) is 2.94. The smallest absolute Gasteiger partial charge is 0.270 e. The lowest BCUT2D eigenvalue weighted by molar-refractivity contribution is 0.0762. The van der Waals surface area contributed by atoms with Crippen molar-refractivity contribution in [3.8, 4) is 0 Å². The fraction of sp³-hybridized carbons (Fsp3) is 0.286. The summed E-state index contributed by atoms with van der Waals surface area (Å²) in [6, 6.07) is 16.0. The number of aryl methyl sites for hydroxylation is 1. The molecule has 0 saturated carbocycles. The summed E-state index contributed by atoms with van der Waals surface area (Å²) in [6.07, 6.45) is 0.959. The van der Waals surface area contributed by atoms with Crippen LogP contribution in [0.15, 0.2) is 48.5 Å². The van der Waals surface area contributed by atoms with Crippen LogP contribution in [0.5, 0.6) is 0 Å². The summed E-state index contributed by atoms with van der Waals surface area (Å²) >= 11 is 6.24. The van der Waals surface area contributed by atoms with E-state index in [1.54, 1.807) is 0 Å². The number of rotatable bonds is 2. The van der Waals surface area contributed by atoms with E-state index in [0.717, 1.165) is 43.5 Å². The molecule has 3 aromatic rings. The largest absolute Gasteiger partial charge is 0.369 e. The van der Waals surface area contributed by atoms with E-state index in [-0.39, 0.29) is 5.91 Å². The zero-order valence-electron chi connectivity index (χ0n) is 14.8. The van der Waals surface area contributed by atoms with Crippen molar-refractivity contribution >= 4 is 34.1 Å². The monoisotopic (exact) mass is 367 g/mol. The van der Waals surface area contributed by atoms with Crippen molar-refractivity contribution in [3.63, 3.8) is 0 Å². The van der Waals surface area contributed by atoms with Crippen molar-refractivity contribution < 1.29 is 4.79 Å². The van der Waals surface area contributed by atoms with Gasteiger partial charge in [0, 0.05) is 47.8 Å². The van der Waals surface area contributed by atoms with E-state index in [9.17, 15) is 4.79 Å². The second-order valence-corrected chi connectivity index (χ2v) is 7.21. The summed E-state index contributed by atoms with van der Waals surface area (Å²) in [5, 5.41) is 1.56. The molecule has 4 nitrogen and oxygen atoms in total. The third-order valence-corrected chi connectivity index (χ3v) is 5.41. The van der Waals surface area contributed by atoms with E-state index >= 15 is 0 Å². The van der Waals surface area contributed by atoms with Gasteiger partial charge in [0.05, 0.1) is 0 Å². The molecule has 26 heavy (non-hydrogen) atoms. The molecule has 134 valence electrons. The number of aromatic amines is 1. The van der Waals surface area contributed by atoms with Crippen molar-refractivity contribution in [1.82, 2.24) is 9.88 Å². The number of hydrogen-bond donors (Lipinski definition) is 1. The van der Waals surface area contributed by atoms with E-state index in [1.807, 2.05) is 29.2 Å². The first kappa shape index (κ1) is 17.0. The Bertz CT molecular complexity index is 949. The maximum atomic E-state index is 13.0. The summed E-state index contributed by atoms with van der Waals surface area (Å²) < 4.78 is 0. The van der Waals surface area contributed by atoms with Gasteiger partial charge in [0.15, 0.2) is 0 Å². The minimum Gasteiger partial charge on any atom is -0.369 e. The zero-order valence-corrected chi connectivity index (χ0v) is 15.6. The minimum atomic E-state index is 0.0453. The van der Waals surface area contributed by atoms with Gasteiger partial charge in [-0.2, -0.15) is 0 Å². The Labute approximate surface area is 158 Å². The topological polar surface area (TPSA) is 39.3 Å². The molecule has 1 N–H and O–H groups in total. The molecule has 2 aromatic carbocycles. The quantitative estimate of drug-likeness (QED) is 0.725. The van der Waals surface area contributed by atoms with E-state index < -0.39 is 0 Å². The Hall–Kier alpha value is -2.46. The van der Waals surface area contributed by atoms with Gasteiger partial charge in [-0.05, 0) is 43.2 Å². The number of amides is 1. The first-order valence-corrected chi connectivity index (χ1v) is 9.38. The van der Waals surface area contributed by atoms with Crippen LogP contribution in [0.3, 0.4) is 0 Å². The molecule has 5 heteroatoms. The number of H-pyrrole nitrogens is 1. The van der Waals surface area contributed by atoms with Crippen molar-refractivity contribution in [2.45, 2.75) is 13.3 Å². The van der Waals surface area contributed by atoms with E-state index in [1.165, 1.54) is 11.3 Å². The normalized spacial score (nSPS) is 15.3. The second-order valence-electron chi connectivity index (χ2n) is 6.80. The third-order valence-electron chi connectivity index (χ3n) is 5.08. The van der Waals surface area contributed by atoms with Crippen molar-refractivity contribution in [3.05, 3.63) is 64.8 Å². The van der Waals surface area contributed by atoms with Crippen molar-refractivity contribution in [2.24, 2.45) is 0 Å². The number of hydrogen-bond acceptors (Lipinski definition) is 2. The first-order valence-electron chi connectivity index (χ1n) is 9.00. The lowest BCUT2D eigenvalue weighted by Gasteiger charge is -2.25. The van der Waals surface area contributed by atoms with Gasteiger partial charge in [0.25, 0.3) is 5.91 Å². The number of carbonyl (C=O) groups is 1. The highest BCUT2D eigenvalue weighted by Gasteiger charge is 2.22. The predicted octanol–water partition coefficient (Wildman–Crippen LogP) is 4.48. The maximum absolute atomic E-state index is 13.0. The Kier molecular flexibility index (Phi) is 4.60. The van der Waals surface area contributed by atoms with E-state index in [0.29, 0.717) is 10.7 Å². The zero-order chi connectivity index (χ0) is 18.1. The second kappa shape index (κ2) is 7.04. The standard InChI is InChI=1S/C21H22ClN3O/c1-15-6-2-3-9-20(15)24-10-5-11-25(13-12-24)21(26)19-14-16-17(22)7-4-8-18(16)23-19/h2-4,6-9,14,23H,5,10-13H2,1H3. The highest BCUT2D eigenvalue weighted by Crippen LogP contribution is 2.25. The molecule has 1 aliphatic rings. The number of anilines is 1. The van der Waals surface area contributed by atoms with Crippen LogP contribution in [0, 0.1) is 6.92 Å². The van der Waals surface area contributed by atoms with Gasteiger partial charge in [-0.25, -0.2) is 0 Å². The van der Waals surface area contributed by atoms with Crippen LogP contribution >= 0.6 is 11.6 Å². The Balaban J connectivity index is 1.52. The molecule has 0 atom stereocenters. The molecular weight excluding hydrogens is 346 g/mol. The maximum Gasteiger partial charge on any atom is 0.270 e. The molecule has 1 fully saturated rings. The minimum absolute atomic E-state index is 0.0453. The number of nitrogens with one attached hydrogen (secondary N) is 1. The molecule has 1 aromatic heterocycles. The Morgan fingerprint density at radius 2 is 1.88 bits per heavy atom. The number of para-hydroxylation sites is 1. The van der Waals surface area contributed by atoms with Crippen LogP contribution < -0.4 is 4.90 Å². The number of carbonyl (C=O) groups excluding carboxylic acids is 1. The molecule has 0 aliphatic carbocycles. The molecule has 2 heterocycles. The number of aromatic nitrogens is 1. The van der Waals surface area contributed by atoms with Gasteiger partial charge >= 0.3 is 0 Å². The average molecular weight is 368 g/mol. The molecule has 1 aliphatic heterocycles. The number of halogens is 1. The molecule has 1 amide bonds. The lowest BCUT2D eigenvalue weighted by atomic mass is 10.2. The van der Waals surface area contributed by atoms with E-state index in [2.05, 4.69) is 41.1 Å². The van der Waals surface area contributed by atoms with E-state index in [4.69, 9.17) is 11.6 Å². The lowest BCUT2D eigenvalue weighted by Crippen LogP contribution is -2.35. The van der Waals surface area contributed by atoms with Crippen LogP contribution in [-0.2, 0) is 0 Å². The number of fused-ring (bicyclic) bond motifs is 1. The summed E-state index contributed by atoms with van der Waals surface area (Å²) in [6.45, 7) is 5.43. The van der Waals surface area contributed by atoms with Crippen LogP contribution in [0.25, 0.3) is 10.9 Å². The number of benzene rings is 2. The summed E-state index contributed by atoms with van der Waals surface area (Å²) in [7, 11) is 0. The summed E-state index contributed by atoms with van der Waals surface area (Å²) in [5.41, 5.74) is 4.05. The summed E-state index contributed by atoms with van der Waals surface area (Å²) in [5.74, 6) is 0.0453. The molecule has 4 rings (SSSR count). The molecule has 0 radical (unpaired) electrons. The van der Waals surface area contributed by atoms with Crippen molar-refractivity contribution in [2.75, 3.05) is 31.1 Å². The molecular formula is C21H22ClN3O.